The number of hydrogen-bond donors (Lipinski definition) is 1. The van der Waals surface area contributed by atoms with E-state index in [-0.39, 0.29) is 18.6 Å². The average molecular weight is 368 g/mol. The van der Waals surface area contributed by atoms with Crippen molar-refractivity contribution in [3.05, 3.63) is 58.1 Å². The van der Waals surface area contributed by atoms with Crippen molar-refractivity contribution >= 4 is 40.9 Å². The number of carbonyl (C=O) groups is 1. The van der Waals surface area contributed by atoms with E-state index in [9.17, 15) is 4.79 Å². The Balaban J connectivity index is 1.60. The lowest BCUT2D eigenvalue weighted by Gasteiger charge is -2.25. The van der Waals surface area contributed by atoms with Gasteiger partial charge in [0.2, 0.25) is 0 Å². The second-order valence-corrected chi connectivity index (χ2v) is 7.14. The Kier molecular flexibility index (Phi) is 5.36. The molecule has 0 aliphatic carbocycles. The third kappa shape index (κ3) is 4.14. The van der Waals surface area contributed by atoms with Crippen molar-refractivity contribution in [2.24, 2.45) is 0 Å². The van der Waals surface area contributed by atoms with Crippen molar-refractivity contribution in [2.45, 2.75) is 17.4 Å². The van der Waals surface area contributed by atoms with Crippen LogP contribution < -0.4 is 10.1 Å². The molecule has 0 radical (unpaired) electrons. The zero-order valence-corrected chi connectivity index (χ0v) is 14.5. The van der Waals surface area contributed by atoms with E-state index in [4.69, 9.17) is 27.9 Å². The van der Waals surface area contributed by atoms with Crippen molar-refractivity contribution < 1.29 is 9.53 Å². The van der Waals surface area contributed by atoms with Crippen LogP contribution in [0, 0.1) is 0 Å². The van der Waals surface area contributed by atoms with Crippen LogP contribution in [-0.4, -0.2) is 18.3 Å². The molecule has 1 aliphatic rings. The van der Waals surface area contributed by atoms with Gasteiger partial charge in [0.05, 0.1) is 11.1 Å². The number of rotatable bonds is 4. The summed E-state index contributed by atoms with van der Waals surface area (Å²) in [5.74, 6) is 1.28. The molecule has 6 heteroatoms. The third-order valence-corrected chi connectivity index (χ3v) is 5.20. The summed E-state index contributed by atoms with van der Waals surface area (Å²) in [6, 6.07) is 13.1. The Morgan fingerprint density at radius 3 is 2.91 bits per heavy atom. The molecule has 1 aliphatic heterocycles. The molecule has 2 aromatic rings. The minimum absolute atomic E-state index is 0.0317. The first-order valence-corrected chi connectivity index (χ1v) is 8.96. The highest BCUT2D eigenvalue weighted by Gasteiger charge is 2.22. The molecule has 2 aromatic carbocycles. The Hall–Kier alpha value is -1.36. The monoisotopic (exact) mass is 367 g/mol. The van der Waals surface area contributed by atoms with Gasteiger partial charge in [0, 0.05) is 15.7 Å². The van der Waals surface area contributed by atoms with Crippen LogP contribution in [0.1, 0.15) is 18.0 Å². The molecule has 120 valence electrons. The Morgan fingerprint density at radius 1 is 1.26 bits per heavy atom. The van der Waals surface area contributed by atoms with Crippen LogP contribution in [0.25, 0.3) is 0 Å². The first-order valence-electron chi connectivity index (χ1n) is 7.22. The summed E-state index contributed by atoms with van der Waals surface area (Å²) in [6.45, 7) is -0.0762. The molecule has 1 heterocycles. The highest BCUT2D eigenvalue weighted by molar-refractivity contribution is 7.99. The minimum atomic E-state index is -0.164. The molecular weight excluding hydrogens is 353 g/mol. The molecule has 23 heavy (non-hydrogen) atoms. The van der Waals surface area contributed by atoms with Gasteiger partial charge in [-0.3, -0.25) is 4.79 Å². The fourth-order valence-electron chi connectivity index (χ4n) is 2.46. The molecule has 1 atom stereocenters. The lowest BCUT2D eigenvalue weighted by Crippen LogP contribution is -2.34. The minimum Gasteiger partial charge on any atom is -0.482 e. The van der Waals surface area contributed by atoms with E-state index < -0.39 is 0 Å². The first-order chi connectivity index (χ1) is 11.1. The van der Waals surface area contributed by atoms with E-state index in [1.54, 1.807) is 18.2 Å². The maximum atomic E-state index is 12.2. The number of thioether (sulfide) groups is 1. The Bertz CT molecular complexity index is 723. The topological polar surface area (TPSA) is 38.3 Å². The van der Waals surface area contributed by atoms with Crippen molar-refractivity contribution in [1.82, 2.24) is 5.32 Å². The summed E-state index contributed by atoms with van der Waals surface area (Å²) in [6.07, 6.45) is 0.912. The van der Waals surface area contributed by atoms with E-state index in [2.05, 4.69) is 17.4 Å². The van der Waals surface area contributed by atoms with Gasteiger partial charge in [0.1, 0.15) is 5.75 Å². The zero-order valence-electron chi connectivity index (χ0n) is 12.2. The second kappa shape index (κ2) is 7.47. The van der Waals surface area contributed by atoms with E-state index in [1.807, 2.05) is 23.9 Å². The van der Waals surface area contributed by atoms with Gasteiger partial charge in [-0.25, -0.2) is 0 Å². The number of nitrogens with one attached hydrogen (secondary N) is 1. The predicted octanol–water partition coefficient (Wildman–Crippen LogP) is 4.73. The molecule has 3 rings (SSSR count). The van der Waals surface area contributed by atoms with Gasteiger partial charge < -0.3 is 10.1 Å². The van der Waals surface area contributed by atoms with Gasteiger partial charge >= 0.3 is 0 Å². The molecule has 3 nitrogen and oxygen atoms in total. The molecule has 0 bridgehead atoms. The molecule has 0 saturated heterocycles. The van der Waals surface area contributed by atoms with Gasteiger partial charge in [-0.1, -0.05) is 41.4 Å². The van der Waals surface area contributed by atoms with Gasteiger partial charge in [-0.05, 0) is 36.2 Å². The number of ether oxygens (including phenoxy) is 1. The summed E-state index contributed by atoms with van der Waals surface area (Å²) in [4.78, 5) is 13.4. The molecule has 1 N–H and O–H groups in total. The largest absolute Gasteiger partial charge is 0.482 e. The summed E-state index contributed by atoms with van der Waals surface area (Å²) >= 11 is 13.7. The Labute approximate surface area is 149 Å². The SMILES string of the molecule is O=C(COc1ccc(Cl)cc1Cl)N[C@H]1CCSc2ccccc21. The first kappa shape index (κ1) is 16.5. The predicted molar refractivity (Wildman–Crippen MR) is 94.6 cm³/mol. The van der Waals surface area contributed by atoms with Crippen molar-refractivity contribution in [3.8, 4) is 5.75 Å². The number of carbonyl (C=O) groups excluding carboxylic acids is 1. The van der Waals surface area contributed by atoms with Crippen LogP contribution in [0.5, 0.6) is 5.75 Å². The Morgan fingerprint density at radius 2 is 2.09 bits per heavy atom. The van der Waals surface area contributed by atoms with Crippen LogP contribution in [0.15, 0.2) is 47.4 Å². The van der Waals surface area contributed by atoms with Crippen LogP contribution in [0.3, 0.4) is 0 Å². The second-order valence-electron chi connectivity index (χ2n) is 5.16. The summed E-state index contributed by atoms with van der Waals surface area (Å²) in [5, 5.41) is 3.95. The van der Waals surface area contributed by atoms with Crippen molar-refractivity contribution in [1.29, 1.82) is 0 Å². The van der Waals surface area contributed by atoms with E-state index in [1.165, 1.54) is 10.5 Å². The molecule has 0 fully saturated rings. The van der Waals surface area contributed by atoms with Crippen LogP contribution in [-0.2, 0) is 4.79 Å². The lowest BCUT2D eigenvalue weighted by atomic mass is 10.0. The number of amides is 1. The summed E-state index contributed by atoms with van der Waals surface area (Å²) < 4.78 is 5.48. The van der Waals surface area contributed by atoms with Crippen molar-refractivity contribution in [2.75, 3.05) is 12.4 Å². The zero-order chi connectivity index (χ0) is 16.2. The maximum absolute atomic E-state index is 12.2. The molecule has 0 spiro atoms. The number of benzene rings is 2. The molecule has 0 aromatic heterocycles. The normalized spacial score (nSPS) is 16.5. The number of fused-ring (bicyclic) bond motifs is 1. The van der Waals surface area contributed by atoms with E-state index in [0.717, 1.165) is 12.2 Å². The molecular formula is C17H15Cl2NO2S. The fourth-order valence-corrected chi connectivity index (χ4v) is 4.05. The fraction of sp³-hybridized carbons (Fsp3) is 0.235. The summed E-state index contributed by atoms with van der Waals surface area (Å²) in [7, 11) is 0. The highest BCUT2D eigenvalue weighted by Crippen LogP contribution is 2.35. The molecule has 0 unspecified atom stereocenters. The highest BCUT2D eigenvalue weighted by atomic mass is 35.5. The van der Waals surface area contributed by atoms with Crippen molar-refractivity contribution in [3.63, 3.8) is 0 Å². The van der Waals surface area contributed by atoms with Crippen LogP contribution in [0.4, 0.5) is 0 Å². The molecule has 0 saturated carbocycles. The molecule has 1 amide bonds. The maximum Gasteiger partial charge on any atom is 0.258 e. The lowest BCUT2D eigenvalue weighted by molar-refractivity contribution is -0.123. The quantitative estimate of drug-likeness (QED) is 0.848. The van der Waals surface area contributed by atoms with Crippen LogP contribution in [0.2, 0.25) is 10.0 Å². The van der Waals surface area contributed by atoms with E-state index >= 15 is 0 Å². The van der Waals surface area contributed by atoms with Crippen LogP contribution >= 0.6 is 35.0 Å². The van der Waals surface area contributed by atoms with E-state index in [0.29, 0.717) is 15.8 Å². The number of halogens is 2. The van der Waals surface area contributed by atoms with Gasteiger partial charge in [-0.2, -0.15) is 0 Å². The standard InChI is InChI=1S/C17H15Cl2NO2S/c18-11-5-6-15(13(19)9-11)22-10-17(21)20-14-7-8-23-16-4-2-1-3-12(14)16/h1-6,9,14H,7-8,10H2,(H,20,21)/t14-/m0/s1. The average Bonchev–Trinajstić information content (AvgIpc) is 2.54. The number of hydrogen-bond acceptors (Lipinski definition) is 3. The van der Waals surface area contributed by atoms with Gasteiger partial charge in [-0.15, -0.1) is 11.8 Å². The van der Waals surface area contributed by atoms with Gasteiger partial charge in [0.15, 0.2) is 6.61 Å². The third-order valence-electron chi connectivity index (χ3n) is 3.55. The summed E-state index contributed by atoms with van der Waals surface area (Å²) in [5.41, 5.74) is 1.17. The smallest absolute Gasteiger partial charge is 0.258 e. The van der Waals surface area contributed by atoms with Gasteiger partial charge in [0.25, 0.3) is 5.91 Å².